The Balaban J connectivity index is 3.36. The van der Waals surface area contributed by atoms with Crippen molar-refractivity contribution >= 4 is 9.24 Å². The minimum Gasteiger partial charge on any atom is -0.131 e. The summed E-state index contributed by atoms with van der Waals surface area (Å²) in [4.78, 5) is 0. The fourth-order valence-electron chi connectivity index (χ4n) is 2.74. The van der Waals surface area contributed by atoms with E-state index in [0.29, 0.717) is 5.16 Å². The van der Waals surface area contributed by atoms with Crippen LogP contribution in [0.2, 0.25) is 0 Å². The van der Waals surface area contributed by atoms with E-state index in [1.807, 2.05) is 0 Å². The molecule has 0 saturated carbocycles. The van der Waals surface area contributed by atoms with Gasteiger partial charge in [0.05, 0.1) is 0 Å². The van der Waals surface area contributed by atoms with Crippen molar-refractivity contribution in [3.8, 4) is 0 Å². The Morgan fingerprint density at radius 3 is 1.26 bits per heavy atom. The number of hydrogen-bond donors (Lipinski definition) is 0. The first-order chi connectivity index (χ1) is 9.12. The van der Waals surface area contributed by atoms with Gasteiger partial charge in [-0.3, -0.25) is 0 Å². The standard InChI is InChI=1S/C18H39P/c1-4-6-8-10-12-14-16-18(3,19)17-15-13-11-9-7-5-2/h4-17,19H2,1-3H3. The molecule has 0 N–H and O–H groups in total. The lowest BCUT2D eigenvalue weighted by Crippen LogP contribution is -2.15. The van der Waals surface area contributed by atoms with E-state index in [1.54, 1.807) is 0 Å². The van der Waals surface area contributed by atoms with Crippen molar-refractivity contribution in [3.63, 3.8) is 0 Å². The molecular formula is C18H39P. The first-order valence-electron chi connectivity index (χ1n) is 8.91. The highest BCUT2D eigenvalue weighted by atomic mass is 31.0. The third-order valence-corrected chi connectivity index (χ3v) is 4.78. The van der Waals surface area contributed by atoms with Crippen molar-refractivity contribution < 1.29 is 0 Å². The van der Waals surface area contributed by atoms with E-state index in [-0.39, 0.29) is 0 Å². The Labute approximate surface area is 125 Å². The summed E-state index contributed by atoms with van der Waals surface area (Å²) in [5, 5.41) is 0.509. The van der Waals surface area contributed by atoms with Crippen molar-refractivity contribution in [1.82, 2.24) is 0 Å². The van der Waals surface area contributed by atoms with Crippen LogP contribution in [0.5, 0.6) is 0 Å². The van der Waals surface area contributed by atoms with Crippen molar-refractivity contribution in [2.45, 2.75) is 116 Å². The first-order valence-corrected chi connectivity index (χ1v) is 9.49. The van der Waals surface area contributed by atoms with Crippen molar-refractivity contribution in [3.05, 3.63) is 0 Å². The van der Waals surface area contributed by atoms with Crippen molar-refractivity contribution in [2.75, 3.05) is 0 Å². The molecule has 0 aromatic heterocycles. The Kier molecular flexibility index (Phi) is 13.7. The maximum atomic E-state index is 3.13. The molecular weight excluding hydrogens is 247 g/mol. The van der Waals surface area contributed by atoms with Gasteiger partial charge in [-0.05, 0) is 18.0 Å². The van der Waals surface area contributed by atoms with E-state index in [2.05, 4.69) is 30.0 Å². The molecule has 0 heterocycles. The molecule has 0 amide bonds. The predicted molar refractivity (Wildman–Crippen MR) is 94.1 cm³/mol. The van der Waals surface area contributed by atoms with Gasteiger partial charge in [0.15, 0.2) is 0 Å². The van der Waals surface area contributed by atoms with Crippen LogP contribution in [0.15, 0.2) is 0 Å². The number of hydrogen-bond acceptors (Lipinski definition) is 0. The smallest absolute Gasteiger partial charge is 0.0178 e. The summed E-state index contributed by atoms with van der Waals surface area (Å²) in [6.07, 6.45) is 19.9. The molecule has 0 aliphatic carbocycles. The summed E-state index contributed by atoms with van der Waals surface area (Å²) < 4.78 is 0. The fourth-order valence-corrected chi connectivity index (χ4v) is 3.15. The highest BCUT2D eigenvalue weighted by Crippen LogP contribution is 2.31. The van der Waals surface area contributed by atoms with E-state index in [9.17, 15) is 0 Å². The highest BCUT2D eigenvalue weighted by Gasteiger charge is 2.16. The molecule has 0 fully saturated rings. The van der Waals surface area contributed by atoms with Crippen LogP contribution in [0.3, 0.4) is 0 Å². The maximum Gasteiger partial charge on any atom is -0.0178 e. The minimum atomic E-state index is 0.509. The Bertz CT molecular complexity index is 157. The zero-order valence-corrected chi connectivity index (χ0v) is 15.1. The lowest BCUT2D eigenvalue weighted by Gasteiger charge is -2.24. The third-order valence-electron chi connectivity index (χ3n) is 4.20. The van der Waals surface area contributed by atoms with Gasteiger partial charge in [-0.1, -0.05) is 97.8 Å². The molecule has 0 radical (unpaired) electrons. The molecule has 0 aliphatic rings. The van der Waals surface area contributed by atoms with Gasteiger partial charge >= 0.3 is 0 Å². The van der Waals surface area contributed by atoms with Crippen LogP contribution in [0, 0.1) is 0 Å². The molecule has 1 unspecified atom stereocenters. The van der Waals surface area contributed by atoms with E-state index in [1.165, 1.54) is 89.9 Å². The molecule has 0 aliphatic heterocycles. The second-order valence-electron chi connectivity index (χ2n) is 6.69. The molecule has 116 valence electrons. The van der Waals surface area contributed by atoms with Crippen molar-refractivity contribution in [1.29, 1.82) is 0 Å². The van der Waals surface area contributed by atoms with Crippen LogP contribution in [0.1, 0.15) is 111 Å². The largest absolute Gasteiger partial charge is 0.131 e. The summed E-state index contributed by atoms with van der Waals surface area (Å²) >= 11 is 0. The van der Waals surface area contributed by atoms with Gasteiger partial charge in [0, 0.05) is 0 Å². The van der Waals surface area contributed by atoms with E-state index in [0.717, 1.165) is 0 Å². The molecule has 0 saturated heterocycles. The molecule has 19 heavy (non-hydrogen) atoms. The van der Waals surface area contributed by atoms with Crippen LogP contribution in [-0.2, 0) is 0 Å². The van der Waals surface area contributed by atoms with Gasteiger partial charge in [-0.2, -0.15) is 0 Å². The lowest BCUT2D eigenvalue weighted by atomic mass is 9.95. The first kappa shape index (κ1) is 19.4. The minimum absolute atomic E-state index is 0.509. The second-order valence-corrected chi connectivity index (χ2v) is 8.08. The number of unbranched alkanes of at least 4 members (excludes halogenated alkanes) is 10. The van der Waals surface area contributed by atoms with Gasteiger partial charge < -0.3 is 0 Å². The molecule has 1 atom stereocenters. The van der Waals surface area contributed by atoms with Gasteiger partial charge in [0.2, 0.25) is 0 Å². The molecule has 0 aromatic rings. The van der Waals surface area contributed by atoms with Gasteiger partial charge in [0.25, 0.3) is 0 Å². The third kappa shape index (κ3) is 14.6. The fraction of sp³-hybridized carbons (Fsp3) is 1.00. The van der Waals surface area contributed by atoms with Crippen LogP contribution >= 0.6 is 9.24 Å². The quantitative estimate of drug-likeness (QED) is 0.235. The van der Waals surface area contributed by atoms with Crippen LogP contribution in [0.4, 0.5) is 0 Å². The highest BCUT2D eigenvalue weighted by molar-refractivity contribution is 7.18. The summed E-state index contributed by atoms with van der Waals surface area (Å²) in [5.74, 6) is 0. The van der Waals surface area contributed by atoms with Crippen LogP contribution in [-0.4, -0.2) is 5.16 Å². The Morgan fingerprint density at radius 2 is 0.895 bits per heavy atom. The second kappa shape index (κ2) is 13.4. The summed E-state index contributed by atoms with van der Waals surface area (Å²) in [6, 6.07) is 0. The van der Waals surface area contributed by atoms with Gasteiger partial charge in [0.1, 0.15) is 0 Å². The predicted octanol–water partition coefficient (Wildman–Crippen LogP) is 7.12. The summed E-state index contributed by atoms with van der Waals surface area (Å²) in [6.45, 7) is 7.02. The van der Waals surface area contributed by atoms with Gasteiger partial charge in [-0.25, -0.2) is 0 Å². The van der Waals surface area contributed by atoms with Crippen LogP contribution < -0.4 is 0 Å². The summed E-state index contributed by atoms with van der Waals surface area (Å²) in [5.41, 5.74) is 0. The van der Waals surface area contributed by atoms with E-state index >= 15 is 0 Å². The normalized spacial score (nSPS) is 12.0. The average molecular weight is 286 g/mol. The van der Waals surface area contributed by atoms with E-state index < -0.39 is 0 Å². The lowest BCUT2D eigenvalue weighted by molar-refractivity contribution is 0.466. The topological polar surface area (TPSA) is 0 Å². The maximum absolute atomic E-state index is 3.13. The SMILES string of the molecule is CCCCCCCCC(C)(P)CCCCCCCC. The molecule has 0 bridgehead atoms. The van der Waals surface area contributed by atoms with Gasteiger partial charge in [-0.15, -0.1) is 9.24 Å². The Hall–Kier alpha value is 0.430. The van der Waals surface area contributed by atoms with Crippen molar-refractivity contribution in [2.24, 2.45) is 0 Å². The summed E-state index contributed by atoms with van der Waals surface area (Å²) in [7, 11) is 3.13. The average Bonchev–Trinajstić information content (AvgIpc) is 2.38. The zero-order valence-electron chi connectivity index (χ0n) is 14.0. The van der Waals surface area contributed by atoms with E-state index in [4.69, 9.17) is 0 Å². The molecule has 0 aromatic carbocycles. The molecule has 0 nitrogen and oxygen atoms in total. The molecule has 1 heteroatoms. The molecule has 0 rings (SSSR count). The van der Waals surface area contributed by atoms with Crippen LogP contribution in [0.25, 0.3) is 0 Å². The number of rotatable bonds is 14. The monoisotopic (exact) mass is 286 g/mol. The Morgan fingerprint density at radius 1 is 0.579 bits per heavy atom. The molecule has 0 spiro atoms. The zero-order chi connectivity index (χ0) is 14.4.